The van der Waals surface area contributed by atoms with Crippen LogP contribution < -0.4 is 10.5 Å². The second-order valence-electron chi connectivity index (χ2n) is 4.09. The zero-order valence-corrected chi connectivity index (χ0v) is 10.2. The van der Waals surface area contributed by atoms with E-state index < -0.39 is 0 Å². The van der Waals surface area contributed by atoms with Crippen LogP contribution in [0.4, 0.5) is 0 Å². The maximum Gasteiger partial charge on any atom is 0.122 e. The molecule has 1 aromatic rings. The first-order valence-corrected chi connectivity index (χ1v) is 5.04. The molecule has 0 saturated carbocycles. The Labute approximate surface area is 91.8 Å². The van der Waals surface area contributed by atoms with Crippen LogP contribution in [0.5, 0.6) is 5.75 Å². The highest BCUT2D eigenvalue weighted by atomic mass is 16.5. The standard InChI is InChI=1S/C12H20N2O/c1-8-7-11(15-5)9(2)6-10(8)12(13)14(3)4/h6-7,12H,13H2,1-5H3. The quantitative estimate of drug-likeness (QED) is 0.770. The van der Waals surface area contributed by atoms with Gasteiger partial charge in [0.1, 0.15) is 5.75 Å². The van der Waals surface area contributed by atoms with E-state index in [9.17, 15) is 0 Å². The zero-order valence-electron chi connectivity index (χ0n) is 10.2. The molecule has 3 heteroatoms. The predicted octanol–water partition coefficient (Wildman–Crippen LogP) is 1.83. The molecule has 0 spiro atoms. The van der Waals surface area contributed by atoms with Gasteiger partial charge in [0.05, 0.1) is 13.3 Å². The molecule has 0 aliphatic rings. The number of hydrogen-bond acceptors (Lipinski definition) is 3. The second kappa shape index (κ2) is 4.64. The van der Waals surface area contributed by atoms with Crippen molar-refractivity contribution in [3.8, 4) is 5.75 Å². The fraction of sp³-hybridized carbons (Fsp3) is 0.500. The zero-order chi connectivity index (χ0) is 11.6. The Kier molecular flexibility index (Phi) is 3.72. The maximum atomic E-state index is 6.08. The van der Waals surface area contributed by atoms with E-state index in [-0.39, 0.29) is 6.17 Å². The van der Waals surface area contributed by atoms with Crippen molar-refractivity contribution in [1.29, 1.82) is 0 Å². The number of rotatable bonds is 3. The van der Waals surface area contributed by atoms with Crippen molar-refractivity contribution in [2.45, 2.75) is 20.0 Å². The molecular formula is C12H20N2O. The third-order valence-electron chi connectivity index (χ3n) is 2.66. The summed E-state index contributed by atoms with van der Waals surface area (Å²) in [7, 11) is 5.64. The van der Waals surface area contributed by atoms with E-state index in [0.29, 0.717) is 0 Å². The molecule has 0 aliphatic heterocycles. The van der Waals surface area contributed by atoms with Crippen molar-refractivity contribution in [3.05, 3.63) is 28.8 Å². The van der Waals surface area contributed by atoms with Crippen LogP contribution >= 0.6 is 0 Å². The van der Waals surface area contributed by atoms with Gasteiger partial charge in [-0.15, -0.1) is 0 Å². The van der Waals surface area contributed by atoms with E-state index in [1.54, 1.807) is 7.11 Å². The lowest BCUT2D eigenvalue weighted by molar-refractivity contribution is 0.306. The van der Waals surface area contributed by atoms with Gasteiger partial charge in [0, 0.05) is 0 Å². The van der Waals surface area contributed by atoms with E-state index in [0.717, 1.165) is 16.9 Å². The van der Waals surface area contributed by atoms with Crippen LogP contribution in [0, 0.1) is 13.8 Å². The van der Waals surface area contributed by atoms with E-state index in [2.05, 4.69) is 13.0 Å². The third-order valence-corrected chi connectivity index (χ3v) is 2.66. The van der Waals surface area contributed by atoms with Crippen LogP contribution in [0.15, 0.2) is 12.1 Å². The van der Waals surface area contributed by atoms with E-state index in [4.69, 9.17) is 10.5 Å². The Bertz CT molecular complexity index is 348. The van der Waals surface area contributed by atoms with E-state index >= 15 is 0 Å². The minimum Gasteiger partial charge on any atom is -0.496 e. The predicted molar refractivity (Wildman–Crippen MR) is 63.1 cm³/mol. The van der Waals surface area contributed by atoms with Gasteiger partial charge in [-0.3, -0.25) is 4.90 Å². The van der Waals surface area contributed by atoms with Crippen LogP contribution in [0.25, 0.3) is 0 Å². The average Bonchev–Trinajstić information content (AvgIpc) is 2.19. The molecule has 1 rings (SSSR count). The number of nitrogens with zero attached hydrogens (tertiary/aromatic N) is 1. The molecule has 1 unspecified atom stereocenters. The molecule has 1 atom stereocenters. The Hall–Kier alpha value is -1.06. The molecule has 0 fully saturated rings. The minimum absolute atomic E-state index is 0.0605. The summed E-state index contributed by atoms with van der Waals surface area (Å²) in [5, 5.41) is 0. The van der Waals surface area contributed by atoms with Crippen LogP contribution in [-0.4, -0.2) is 26.1 Å². The molecular weight excluding hydrogens is 188 g/mol. The largest absolute Gasteiger partial charge is 0.496 e. The summed E-state index contributed by atoms with van der Waals surface area (Å²) in [6.45, 7) is 4.09. The highest BCUT2D eigenvalue weighted by Gasteiger charge is 2.13. The summed E-state index contributed by atoms with van der Waals surface area (Å²) < 4.78 is 5.27. The van der Waals surface area contributed by atoms with Crippen molar-refractivity contribution in [2.24, 2.45) is 5.73 Å². The fourth-order valence-electron chi connectivity index (χ4n) is 1.63. The first-order valence-electron chi connectivity index (χ1n) is 5.04. The number of nitrogens with two attached hydrogens (primary N) is 1. The monoisotopic (exact) mass is 208 g/mol. The first kappa shape index (κ1) is 12.0. The summed E-state index contributed by atoms with van der Waals surface area (Å²) >= 11 is 0. The molecule has 0 amide bonds. The Balaban J connectivity index is 3.15. The molecule has 0 heterocycles. The molecule has 2 N–H and O–H groups in total. The van der Waals surface area contributed by atoms with Crippen molar-refractivity contribution < 1.29 is 4.74 Å². The Morgan fingerprint density at radius 1 is 1.20 bits per heavy atom. The number of methoxy groups -OCH3 is 1. The van der Waals surface area contributed by atoms with Gasteiger partial charge in [0.15, 0.2) is 0 Å². The van der Waals surface area contributed by atoms with Crippen LogP contribution in [0.2, 0.25) is 0 Å². The van der Waals surface area contributed by atoms with Gasteiger partial charge in [-0.2, -0.15) is 0 Å². The second-order valence-corrected chi connectivity index (χ2v) is 4.09. The average molecular weight is 208 g/mol. The van der Waals surface area contributed by atoms with Gasteiger partial charge >= 0.3 is 0 Å². The molecule has 3 nitrogen and oxygen atoms in total. The Morgan fingerprint density at radius 3 is 2.27 bits per heavy atom. The summed E-state index contributed by atoms with van der Waals surface area (Å²) in [4.78, 5) is 1.99. The number of ether oxygens (including phenoxy) is 1. The summed E-state index contributed by atoms with van der Waals surface area (Å²) in [6, 6.07) is 4.13. The lowest BCUT2D eigenvalue weighted by Crippen LogP contribution is -2.28. The van der Waals surface area contributed by atoms with Crippen molar-refractivity contribution in [3.63, 3.8) is 0 Å². The third kappa shape index (κ3) is 2.49. The lowest BCUT2D eigenvalue weighted by atomic mass is 10.0. The van der Waals surface area contributed by atoms with Gasteiger partial charge in [-0.1, -0.05) is 0 Å². The van der Waals surface area contributed by atoms with Gasteiger partial charge in [0.25, 0.3) is 0 Å². The lowest BCUT2D eigenvalue weighted by Gasteiger charge is -2.23. The summed E-state index contributed by atoms with van der Waals surface area (Å²) in [5.74, 6) is 0.919. The molecule has 0 aliphatic carbocycles. The van der Waals surface area contributed by atoms with Crippen molar-refractivity contribution >= 4 is 0 Å². The molecule has 0 bridgehead atoms. The van der Waals surface area contributed by atoms with Gasteiger partial charge in [-0.25, -0.2) is 0 Å². The smallest absolute Gasteiger partial charge is 0.122 e. The van der Waals surface area contributed by atoms with Gasteiger partial charge < -0.3 is 10.5 Å². The topological polar surface area (TPSA) is 38.5 Å². The Morgan fingerprint density at radius 2 is 1.80 bits per heavy atom. The van der Waals surface area contributed by atoms with Crippen molar-refractivity contribution in [1.82, 2.24) is 4.90 Å². The first-order chi connectivity index (χ1) is 6.97. The molecule has 0 saturated heterocycles. The summed E-state index contributed by atoms with van der Waals surface area (Å²) in [6.07, 6.45) is -0.0605. The molecule has 15 heavy (non-hydrogen) atoms. The number of hydrogen-bond donors (Lipinski definition) is 1. The summed E-state index contributed by atoms with van der Waals surface area (Å²) in [5.41, 5.74) is 9.52. The number of aryl methyl sites for hydroxylation is 2. The SMILES string of the molecule is COc1cc(C)c(C(N)N(C)C)cc1C. The van der Waals surface area contributed by atoms with Crippen LogP contribution in [0.3, 0.4) is 0 Å². The van der Waals surface area contributed by atoms with E-state index in [1.165, 1.54) is 5.56 Å². The van der Waals surface area contributed by atoms with Gasteiger partial charge in [0.2, 0.25) is 0 Å². The minimum atomic E-state index is -0.0605. The molecule has 0 radical (unpaired) electrons. The highest BCUT2D eigenvalue weighted by Crippen LogP contribution is 2.26. The van der Waals surface area contributed by atoms with E-state index in [1.807, 2.05) is 32.0 Å². The molecule has 84 valence electrons. The molecule has 0 aromatic heterocycles. The molecule has 1 aromatic carbocycles. The number of benzene rings is 1. The normalized spacial score (nSPS) is 13.0. The van der Waals surface area contributed by atoms with Crippen LogP contribution in [0.1, 0.15) is 22.9 Å². The fourth-order valence-corrected chi connectivity index (χ4v) is 1.63. The highest BCUT2D eigenvalue weighted by molar-refractivity contribution is 5.42. The van der Waals surface area contributed by atoms with Gasteiger partial charge in [-0.05, 0) is 56.8 Å². The van der Waals surface area contributed by atoms with Crippen LogP contribution in [-0.2, 0) is 0 Å². The van der Waals surface area contributed by atoms with Crippen molar-refractivity contribution in [2.75, 3.05) is 21.2 Å². The maximum absolute atomic E-state index is 6.08.